The topological polar surface area (TPSA) is 60.9 Å². The van der Waals surface area contributed by atoms with Gasteiger partial charge in [-0.25, -0.2) is 4.39 Å². The van der Waals surface area contributed by atoms with Crippen LogP contribution < -0.4 is 0 Å². The van der Waals surface area contributed by atoms with Crippen LogP contribution in [0.4, 0.5) is 4.39 Å². The molecule has 1 heterocycles. The molecular formula is C15H19FN2O3. The van der Waals surface area contributed by atoms with Gasteiger partial charge in [-0.1, -0.05) is 12.1 Å². The van der Waals surface area contributed by atoms with Gasteiger partial charge in [0.2, 0.25) is 11.8 Å². The average molecular weight is 294 g/mol. The Morgan fingerprint density at radius 3 is 2.81 bits per heavy atom. The molecule has 0 aliphatic carbocycles. The van der Waals surface area contributed by atoms with Crippen molar-refractivity contribution in [1.82, 2.24) is 9.80 Å². The molecule has 0 radical (unpaired) electrons. The van der Waals surface area contributed by atoms with Crippen molar-refractivity contribution < 1.29 is 19.1 Å². The Morgan fingerprint density at radius 1 is 1.38 bits per heavy atom. The lowest BCUT2D eigenvalue weighted by molar-refractivity contribution is -0.155. The molecule has 0 bridgehead atoms. The molecule has 1 saturated heterocycles. The van der Waals surface area contributed by atoms with Crippen LogP contribution in [0.5, 0.6) is 0 Å². The van der Waals surface area contributed by atoms with Gasteiger partial charge in [-0.2, -0.15) is 0 Å². The number of amides is 2. The summed E-state index contributed by atoms with van der Waals surface area (Å²) in [7, 11) is 0. The van der Waals surface area contributed by atoms with Crippen LogP contribution >= 0.6 is 0 Å². The predicted molar refractivity (Wildman–Crippen MR) is 74.7 cm³/mol. The minimum absolute atomic E-state index is 0.00881. The van der Waals surface area contributed by atoms with Gasteiger partial charge in [0, 0.05) is 19.7 Å². The van der Waals surface area contributed by atoms with Crippen molar-refractivity contribution in [3.05, 3.63) is 35.6 Å². The number of halogens is 1. The number of benzene rings is 1. The third-order valence-electron chi connectivity index (χ3n) is 3.60. The molecule has 1 aliphatic rings. The third kappa shape index (κ3) is 3.58. The standard InChI is InChI=1S/C15H19FN2O3/c1-11-15(21)17(9-12-4-2-5-13(16)8-12)10-14(20)18(11)6-3-7-19/h2,4-5,8,11,19H,3,6-7,9-10H2,1H3/t11-/m0/s1. The van der Waals surface area contributed by atoms with Crippen LogP contribution in [0.2, 0.25) is 0 Å². The minimum atomic E-state index is -0.550. The summed E-state index contributed by atoms with van der Waals surface area (Å²) in [6.45, 7) is 2.24. The van der Waals surface area contributed by atoms with Gasteiger partial charge in [-0.05, 0) is 31.0 Å². The van der Waals surface area contributed by atoms with Crippen LogP contribution in [0.25, 0.3) is 0 Å². The third-order valence-corrected chi connectivity index (χ3v) is 3.60. The molecule has 1 aromatic carbocycles. The minimum Gasteiger partial charge on any atom is -0.396 e. The zero-order valence-electron chi connectivity index (χ0n) is 12.0. The van der Waals surface area contributed by atoms with E-state index in [0.717, 1.165) is 0 Å². The summed E-state index contributed by atoms with van der Waals surface area (Å²) in [6, 6.07) is 5.46. The van der Waals surface area contributed by atoms with Crippen LogP contribution in [0, 0.1) is 5.82 Å². The molecular weight excluding hydrogens is 275 g/mol. The first kappa shape index (κ1) is 15.4. The highest BCUT2D eigenvalue weighted by molar-refractivity contribution is 5.94. The molecule has 2 rings (SSSR count). The van der Waals surface area contributed by atoms with Crippen LogP contribution in [-0.4, -0.2) is 52.5 Å². The summed E-state index contributed by atoms with van der Waals surface area (Å²) < 4.78 is 13.2. The zero-order valence-corrected chi connectivity index (χ0v) is 12.0. The second kappa shape index (κ2) is 6.67. The van der Waals surface area contributed by atoms with Crippen LogP contribution in [0.1, 0.15) is 18.9 Å². The van der Waals surface area contributed by atoms with Crippen molar-refractivity contribution >= 4 is 11.8 Å². The maximum Gasteiger partial charge on any atom is 0.245 e. The number of aliphatic hydroxyl groups is 1. The number of piperazine rings is 1. The molecule has 0 aromatic heterocycles. The number of rotatable bonds is 5. The summed E-state index contributed by atoms with van der Waals surface area (Å²) in [5, 5.41) is 8.84. The molecule has 1 aliphatic heterocycles. The highest BCUT2D eigenvalue weighted by Crippen LogP contribution is 2.16. The van der Waals surface area contributed by atoms with E-state index in [4.69, 9.17) is 5.11 Å². The SMILES string of the molecule is C[C@H]1C(=O)N(Cc2cccc(F)c2)CC(=O)N1CCCO. The van der Waals surface area contributed by atoms with Crippen LogP contribution in [0.15, 0.2) is 24.3 Å². The Labute approximate surface area is 123 Å². The normalized spacial score (nSPS) is 19.3. The molecule has 1 fully saturated rings. The van der Waals surface area contributed by atoms with E-state index >= 15 is 0 Å². The molecule has 6 heteroatoms. The number of carbonyl (C=O) groups excluding carboxylic acids is 2. The summed E-state index contributed by atoms with van der Waals surface area (Å²) >= 11 is 0. The first-order valence-corrected chi connectivity index (χ1v) is 6.96. The number of aliphatic hydroxyl groups excluding tert-OH is 1. The zero-order chi connectivity index (χ0) is 15.4. The molecule has 21 heavy (non-hydrogen) atoms. The quantitative estimate of drug-likeness (QED) is 0.872. The second-order valence-electron chi connectivity index (χ2n) is 5.16. The summed E-state index contributed by atoms with van der Waals surface area (Å²) in [5.74, 6) is -0.662. The predicted octanol–water partition coefficient (Wildman–Crippen LogP) is 0.767. The van der Waals surface area contributed by atoms with Gasteiger partial charge in [-0.3, -0.25) is 9.59 Å². The Balaban J connectivity index is 2.06. The van der Waals surface area contributed by atoms with Gasteiger partial charge < -0.3 is 14.9 Å². The van der Waals surface area contributed by atoms with E-state index in [1.807, 2.05) is 0 Å². The first-order valence-electron chi connectivity index (χ1n) is 6.96. The van der Waals surface area contributed by atoms with Gasteiger partial charge in [0.25, 0.3) is 0 Å². The molecule has 1 atom stereocenters. The number of carbonyl (C=O) groups is 2. The molecule has 5 nitrogen and oxygen atoms in total. The smallest absolute Gasteiger partial charge is 0.245 e. The molecule has 0 unspecified atom stereocenters. The molecule has 114 valence electrons. The number of nitrogens with zero attached hydrogens (tertiary/aromatic N) is 2. The van der Waals surface area contributed by atoms with Crippen LogP contribution in [0.3, 0.4) is 0 Å². The van der Waals surface area contributed by atoms with Crippen molar-refractivity contribution in [3.63, 3.8) is 0 Å². The van der Waals surface area contributed by atoms with Gasteiger partial charge in [-0.15, -0.1) is 0 Å². The van der Waals surface area contributed by atoms with Gasteiger partial charge in [0.05, 0.1) is 0 Å². The van der Waals surface area contributed by atoms with E-state index in [2.05, 4.69) is 0 Å². The lowest BCUT2D eigenvalue weighted by Gasteiger charge is -2.38. The van der Waals surface area contributed by atoms with E-state index in [-0.39, 0.29) is 37.3 Å². The maximum absolute atomic E-state index is 13.2. The Bertz CT molecular complexity index is 535. The van der Waals surface area contributed by atoms with Gasteiger partial charge >= 0.3 is 0 Å². The molecule has 0 saturated carbocycles. The van der Waals surface area contributed by atoms with E-state index < -0.39 is 6.04 Å². The Hall–Kier alpha value is -1.95. The first-order chi connectivity index (χ1) is 10.0. The van der Waals surface area contributed by atoms with Crippen molar-refractivity contribution in [3.8, 4) is 0 Å². The largest absolute Gasteiger partial charge is 0.396 e. The van der Waals surface area contributed by atoms with E-state index in [1.165, 1.54) is 21.9 Å². The fourth-order valence-electron chi connectivity index (χ4n) is 2.49. The highest BCUT2D eigenvalue weighted by Gasteiger charge is 2.35. The summed E-state index contributed by atoms with van der Waals surface area (Å²) in [4.78, 5) is 27.3. The van der Waals surface area contributed by atoms with Crippen molar-refractivity contribution in [2.24, 2.45) is 0 Å². The van der Waals surface area contributed by atoms with Gasteiger partial charge in [0.15, 0.2) is 0 Å². The maximum atomic E-state index is 13.2. The Morgan fingerprint density at radius 2 is 2.14 bits per heavy atom. The molecule has 0 spiro atoms. The van der Waals surface area contributed by atoms with E-state index in [0.29, 0.717) is 18.5 Å². The Kier molecular flexibility index (Phi) is 4.90. The van der Waals surface area contributed by atoms with Gasteiger partial charge in [0.1, 0.15) is 18.4 Å². The average Bonchev–Trinajstić information content (AvgIpc) is 2.44. The van der Waals surface area contributed by atoms with E-state index in [9.17, 15) is 14.0 Å². The number of hydrogen-bond acceptors (Lipinski definition) is 3. The molecule has 1 aromatic rings. The van der Waals surface area contributed by atoms with Crippen molar-refractivity contribution in [1.29, 1.82) is 0 Å². The summed E-state index contributed by atoms with van der Waals surface area (Å²) in [6.07, 6.45) is 0.452. The van der Waals surface area contributed by atoms with Crippen molar-refractivity contribution in [2.75, 3.05) is 19.7 Å². The fourth-order valence-corrected chi connectivity index (χ4v) is 2.49. The van der Waals surface area contributed by atoms with Crippen molar-refractivity contribution in [2.45, 2.75) is 25.9 Å². The summed E-state index contributed by atoms with van der Waals surface area (Å²) in [5.41, 5.74) is 0.659. The van der Waals surface area contributed by atoms with E-state index in [1.54, 1.807) is 19.1 Å². The molecule has 2 amide bonds. The molecule has 1 N–H and O–H groups in total. The lowest BCUT2D eigenvalue weighted by Crippen LogP contribution is -2.58. The fraction of sp³-hybridized carbons (Fsp3) is 0.467. The second-order valence-corrected chi connectivity index (χ2v) is 5.16. The lowest BCUT2D eigenvalue weighted by atomic mass is 10.1. The highest BCUT2D eigenvalue weighted by atomic mass is 19.1. The monoisotopic (exact) mass is 294 g/mol. The van der Waals surface area contributed by atoms with Crippen LogP contribution in [-0.2, 0) is 16.1 Å². The number of hydrogen-bond donors (Lipinski definition) is 1.